The van der Waals surface area contributed by atoms with Crippen LogP contribution in [0.1, 0.15) is 30.9 Å². The first-order valence-corrected chi connectivity index (χ1v) is 10.4. The van der Waals surface area contributed by atoms with Gasteiger partial charge in [-0.1, -0.05) is 6.58 Å². The molecule has 4 rings (SSSR count). The molecule has 2 fully saturated rings. The molecule has 1 aromatic heterocycles. The fourth-order valence-corrected chi connectivity index (χ4v) is 4.77. The van der Waals surface area contributed by atoms with Gasteiger partial charge < -0.3 is 21.1 Å². The van der Waals surface area contributed by atoms with E-state index < -0.39 is 12.8 Å². The Balaban J connectivity index is 1.49. The van der Waals surface area contributed by atoms with Gasteiger partial charge in [0.2, 0.25) is 5.91 Å². The van der Waals surface area contributed by atoms with Crippen LogP contribution in [-0.2, 0) is 11.3 Å². The van der Waals surface area contributed by atoms with E-state index in [9.17, 15) is 18.0 Å². The fraction of sp³-hybridized carbons (Fsp3) is 0.455. The third-order valence-corrected chi connectivity index (χ3v) is 6.39. The Bertz CT molecular complexity index is 1010. The lowest BCUT2D eigenvalue weighted by Gasteiger charge is -2.45. The average molecular weight is 449 g/mol. The van der Waals surface area contributed by atoms with Gasteiger partial charge >= 0.3 is 6.18 Å². The van der Waals surface area contributed by atoms with Crippen LogP contribution in [0.4, 0.5) is 19.0 Å². The van der Waals surface area contributed by atoms with Gasteiger partial charge in [-0.2, -0.15) is 18.3 Å². The number of ether oxygens (including phenoxy) is 1. The third-order valence-electron chi connectivity index (χ3n) is 6.39. The number of benzene rings is 1. The van der Waals surface area contributed by atoms with Gasteiger partial charge in [-0.3, -0.25) is 4.79 Å². The van der Waals surface area contributed by atoms with Crippen LogP contribution in [0.3, 0.4) is 0 Å². The largest absolute Gasteiger partial charge is 0.484 e. The van der Waals surface area contributed by atoms with Crippen molar-refractivity contribution >= 4 is 11.7 Å². The maximum Gasteiger partial charge on any atom is 0.422 e. The summed E-state index contributed by atoms with van der Waals surface area (Å²) in [5, 5.41) is 4.71. The molecule has 1 saturated heterocycles. The summed E-state index contributed by atoms with van der Waals surface area (Å²) in [6.07, 6.45) is -0.366. The molecule has 1 saturated carbocycles. The highest BCUT2D eigenvalue weighted by Gasteiger charge is 2.50. The molecule has 1 aliphatic carbocycles. The monoisotopic (exact) mass is 449 g/mol. The number of alkyl halides is 3. The summed E-state index contributed by atoms with van der Waals surface area (Å²) in [6.45, 7) is 3.84. The molecular formula is C22H26F3N5O2. The van der Waals surface area contributed by atoms with E-state index in [1.165, 1.54) is 18.2 Å². The number of carbonyl (C=O) groups excluding carboxylic acids is 1. The number of likely N-dealkylation sites (tertiary alicyclic amines) is 1. The molecule has 1 amide bonds. The highest BCUT2D eigenvalue weighted by atomic mass is 19.4. The molecule has 0 atom stereocenters. The highest BCUT2D eigenvalue weighted by molar-refractivity contribution is 5.87. The van der Waals surface area contributed by atoms with E-state index >= 15 is 0 Å². The van der Waals surface area contributed by atoms with Gasteiger partial charge in [0.15, 0.2) is 6.61 Å². The Morgan fingerprint density at radius 1 is 1.31 bits per heavy atom. The zero-order valence-corrected chi connectivity index (χ0v) is 17.6. The van der Waals surface area contributed by atoms with E-state index in [-0.39, 0.29) is 29.7 Å². The number of amides is 1. The second-order valence-corrected chi connectivity index (χ2v) is 8.57. The number of nitrogens with zero attached hydrogens (tertiary/aromatic N) is 3. The van der Waals surface area contributed by atoms with Gasteiger partial charge in [0.1, 0.15) is 11.6 Å². The Morgan fingerprint density at radius 3 is 2.59 bits per heavy atom. The first-order chi connectivity index (χ1) is 15.1. The molecule has 1 spiro atoms. The van der Waals surface area contributed by atoms with Gasteiger partial charge in [0.25, 0.3) is 0 Å². The highest BCUT2D eigenvalue weighted by Crippen LogP contribution is 2.54. The minimum absolute atomic E-state index is 0.0423. The molecule has 32 heavy (non-hydrogen) atoms. The summed E-state index contributed by atoms with van der Waals surface area (Å²) in [5.74, 6) is 0.574. The summed E-state index contributed by atoms with van der Waals surface area (Å²) < 4.78 is 43.6. The molecule has 172 valence electrons. The standard InChI is InChI=1S/C22H26F3N5O2/c1-2-18(31)29-8-7-21(12-29)9-15(10-21)30-20(27)17(11-26)19(28-30)14-3-5-16(6-4-14)32-13-22(23,24)25/h2-6,15H,1,7-13,26-27H2/t15-,21-. The van der Waals surface area contributed by atoms with E-state index in [1.807, 2.05) is 4.90 Å². The van der Waals surface area contributed by atoms with Crippen LogP contribution in [0, 0.1) is 5.41 Å². The van der Waals surface area contributed by atoms with E-state index in [4.69, 9.17) is 21.3 Å². The van der Waals surface area contributed by atoms with Crippen molar-refractivity contribution in [2.45, 2.75) is 38.0 Å². The topological polar surface area (TPSA) is 99.4 Å². The molecule has 2 aliphatic rings. The summed E-state index contributed by atoms with van der Waals surface area (Å²) in [7, 11) is 0. The predicted octanol–water partition coefficient (Wildman–Crippen LogP) is 3.27. The molecule has 2 heterocycles. The van der Waals surface area contributed by atoms with E-state index in [0.29, 0.717) is 29.2 Å². The fourth-order valence-electron chi connectivity index (χ4n) is 4.77. The first-order valence-electron chi connectivity index (χ1n) is 10.4. The molecule has 0 radical (unpaired) electrons. The zero-order chi connectivity index (χ0) is 23.1. The number of rotatable bonds is 6. The number of aromatic nitrogens is 2. The van der Waals surface area contributed by atoms with E-state index in [0.717, 1.165) is 25.8 Å². The predicted molar refractivity (Wildman–Crippen MR) is 114 cm³/mol. The average Bonchev–Trinajstić information content (AvgIpc) is 3.32. The number of hydrogen-bond donors (Lipinski definition) is 2. The number of halogens is 3. The number of carbonyl (C=O) groups is 1. The summed E-state index contributed by atoms with van der Waals surface area (Å²) in [6, 6.07) is 6.35. The van der Waals surface area contributed by atoms with Crippen LogP contribution < -0.4 is 16.2 Å². The van der Waals surface area contributed by atoms with Crippen molar-refractivity contribution in [1.29, 1.82) is 0 Å². The lowest BCUT2D eigenvalue weighted by molar-refractivity contribution is -0.153. The van der Waals surface area contributed by atoms with Crippen molar-refractivity contribution in [2.75, 3.05) is 25.4 Å². The number of nitrogen functional groups attached to an aromatic ring is 1. The van der Waals surface area contributed by atoms with Gasteiger partial charge in [0, 0.05) is 30.8 Å². The molecule has 4 N–H and O–H groups in total. The van der Waals surface area contributed by atoms with Crippen molar-refractivity contribution in [3.63, 3.8) is 0 Å². The minimum atomic E-state index is -4.39. The molecule has 10 heteroatoms. The van der Waals surface area contributed by atoms with Crippen LogP contribution >= 0.6 is 0 Å². The summed E-state index contributed by atoms with van der Waals surface area (Å²) in [5.41, 5.74) is 14.4. The second kappa shape index (κ2) is 8.16. The van der Waals surface area contributed by atoms with Crippen molar-refractivity contribution < 1.29 is 22.7 Å². The maximum absolute atomic E-state index is 12.3. The number of nitrogens with two attached hydrogens (primary N) is 2. The lowest BCUT2D eigenvalue weighted by Crippen LogP contribution is -2.42. The Morgan fingerprint density at radius 2 is 2.00 bits per heavy atom. The van der Waals surface area contributed by atoms with E-state index in [2.05, 4.69) is 6.58 Å². The minimum Gasteiger partial charge on any atom is -0.484 e. The number of hydrogen-bond acceptors (Lipinski definition) is 5. The zero-order valence-electron chi connectivity index (χ0n) is 17.6. The van der Waals surface area contributed by atoms with Gasteiger partial charge in [-0.15, -0.1) is 0 Å². The van der Waals surface area contributed by atoms with E-state index in [1.54, 1.807) is 16.8 Å². The molecule has 1 aliphatic heterocycles. The van der Waals surface area contributed by atoms with Crippen LogP contribution in [0.25, 0.3) is 11.3 Å². The molecule has 0 unspecified atom stereocenters. The molecule has 2 aromatic rings. The quantitative estimate of drug-likeness (QED) is 0.660. The molecular weight excluding hydrogens is 423 g/mol. The van der Waals surface area contributed by atoms with Gasteiger partial charge in [0.05, 0.1) is 11.7 Å². The van der Waals surface area contributed by atoms with Crippen LogP contribution in [0.5, 0.6) is 5.75 Å². The summed E-state index contributed by atoms with van der Waals surface area (Å²) >= 11 is 0. The normalized spacial score (nSPS) is 22.8. The Labute approximate surface area is 183 Å². The molecule has 1 aromatic carbocycles. The van der Waals surface area contributed by atoms with Crippen molar-refractivity contribution in [3.05, 3.63) is 42.5 Å². The van der Waals surface area contributed by atoms with Crippen molar-refractivity contribution in [1.82, 2.24) is 14.7 Å². The van der Waals surface area contributed by atoms with Gasteiger partial charge in [-0.25, -0.2) is 4.68 Å². The van der Waals surface area contributed by atoms with Crippen molar-refractivity contribution in [3.8, 4) is 17.0 Å². The smallest absolute Gasteiger partial charge is 0.422 e. The van der Waals surface area contributed by atoms with Crippen molar-refractivity contribution in [2.24, 2.45) is 11.1 Å². The third kappa shape index (κ3) is 4.19. The first kappa shape index (κ1) is 22.2. The Kier molecular flexibility index (Phi) is 5.66. The van der Waals surface area contributed by atoms with Crippen LogP contribution in [0.2, 0.25) is 0 Å². The molecule has 0 bridgehead atoms. The van der Waals surface area contributed by atoms with Crippen LogP contribution in [-0.4, -0.2) is 46.5 Å². The number of anilines is 1. The molecule has 7 nitrogen and oxygen atoms in total. The Hall–Kier alpha value is -3.01. The van der Waals surface area contributed by atoms with Crippen LogP contribution in [0.15, 0.2) is 36.9 Å². The SMILES string of the molecule is C=CC(=O)N1CC[C@]2(C1)C[C@H](n1nc(-c3ccc(OCC(F)(F)F)cc3)c(CN)c1N)C2. The maximum atomic E-state index is 12.3. The summed E-state index contributed by atoms with van der Waals surface area (Å²) in [4.78, 5) is 13.7. The van der Waals surface area contributed by atoms with Gasteiger partial charge in [-0.05, 0) is 55.0 Å². The second-order valence-electron chi connectivity index (χ2n) is 8.57. The lowest BCUT2D eigenvalue weighted by atomic mass is 9.65.